The van der Waals surface area contributed by atoms with Gasteiger partial charge >= 0.3 is 6.09 Å². The molecule has 58 heavy (non-hydrogen) atoms. The third kappa shape index (κ3) is 7.94. The van der Waals surface area contributed by atoms with Crippen LogP contribution in [0.2, 0.25) is 0 Å². The van der Waals surface area contributed by atoms with Crippen LogP contribution in [-0.2, 0) is 35.6 Å². The Kier molecular flexibility index (Phi) is 10.7. The van der Waals surface area contributed by atoms with E-state index in [4.69, 9.17) is 14.2 Å². The molecular weight excluding hydrogens is 777 g/mol. The molecule has 0 radical (unpaired) electrons. The van der Waals surface area contributed by atoms with Crippen molar-refractivity contribution < 1.29 is 50.6 Å². The number of pyridine rings is 1. The summed E-state index contributed by atoms with van der Waals surface area (Å²) in [5, 5.41) is 6.86. The second-order valence-corrected chi connectivity index (χ2v) is 19.9. The van der Waals surface area contributed by atoms with E-state index in [-0.39, 0.29) is 31.2 Å². The maximum Gasteiger partial charge on any atom is 0.408 e. The molecule has 4 amide bonds. The lowest BCUT2D eigenvalue weighted by atomic mass is 9.88. The molecule has 0 spiro atoms. The summed E-state index contributed by atoms with van der Waals surface area (Å²) in [6.07, 6.45) is 6.63. The van der Waals surface area contributed by atoms with E-state index in [0.29, 0.717) is 51.0 Å². The number of halogens is 2. The van der Waals surface area contributed by atoms with Crippen molar-refractivity contribution in [3.63, 3.8) is 0 Å². The molecule has 0 bridgehead atoms. The van der Waals surface area contributed by atoms with E-state index in [2.05, 4.69) is 20.3 Å². The summed E-state index contributed by atoms with van der Waals surface area (Å²) in [5.41, 5.74) is -2.76. The van der Waals surface area contributed by atoms with Crippen LogP contribution in [0.4, 0.5) is 13.6 Å². The van der Waals surface area contributed by atoms with E-state index in [1.165, 1.54) is 4.90 Å². The van der Waals surface area contributed by atoms with Gasteiger partial charge in [0.25, 0.3) is 11.8 Å². The van der Waals surface area contributed by atoms with Crippen molar-refractivity contribution in [2.24, 2.45) is 17.8 Å². The zero-order valence-electron chi connectivity index (χ0n) is 33.7. The van der Waals surface area contributed by atoms with Crippen LogP contribution >= 0.6 is 0 Å². The highest BCUT2D eigenvalue weighted by molar-refractivity contribution is 7.91. The van der Waals surface area contributed by atoms with Gasteiger partial charge in [-0.25, -0.2) is 27.0 Å². The number of carbonyl (C=O) groups excluding carboxylic acids is 4. The lowest BCUT2D eigenvalue weighted by Gasteiger charge is -2.35. The van der Waals surface area contributed by atoms with Crippen LogP contribution in [0.3, 0.4) is 0 Å². The van der Waals surface area contributed by atoms with Crippen molar-refractivity contribution in [1.29, 1.82) is 0 Å². The number of hydrogen-bond acceptors (Lipinski definition) is 10. The van der Waals surface area contributed by atoms with Gasteiger partial charge in [-0.15, -0.1) is 0 Å². The quantitative estimate of drug-likeness (QED) is 0.309. The molecule has 1 aromatic carbocycles. The SMILES string of the molecule is CC1CCC=CC2CC2(C(=O)NS(=O)(=O)C2(C)CC2)NC(=O)C2CC(Oc3nccc4c5c(ccc34)CCO5)CN2C(=O)C(NC(=O)OC(C)(C)C(C)(F)F)C(C)C1. The predicted octanol–water partition coefficient (Wildman–Crippen LogP) is 4.93. The molecular formula is C41H53F2N5O9S. The highest BCUT2D eigenvalue weighted by Crippen LogP contribution is 2.48. The number of benzene rings is 1. The maximum atomic E-state index is 14.8. The van der Waals surface area contributed by atoms with E-state index >= 15 is 0 Å². The Labute approximate surface area is 337 Å². The first kappa shape index (κ1) is 41.6. The third-order valence-corrected chi connectivity index (χ3v) is 14.9. The Morgan fingerprint density at radius 1 is 1.09 bits per heavy atom. The molecule has 17 heteroatoms. The second-order valence-electron chi connectivity index (χ2n) is 17.7. The summed E-state index contributed by atoms with van der Waals surface area (Å²) in [4.78, 5) is 62.4. The summed E-state index contributed by atoms with van der Waals surface area (Å²) in [6, 6.07) is 3.09. The van der Waals surface area contributed by atoms with Crippen LogP contribution in [0.25, 0.3) is 10.8 Å². The van der Waals surface area contributed by atoms with Crippen molar-refractivity contribution in [1.82, 2.24) is 25.2 Å². The molecule has 2 aliphatic carbocycles. The van der Waals surface area contributed by atoms with Gasteiger partial charge in [0.2, 0.25) is 27.7 Å². The second kappa shape index (κ2) is 14.9. The van der Waals surface area contributed by atoms with Crippen molar-refractivity contribution in [2.75, 3.05) is 13.2 Å². The molecule has 4 heterocycles. The van der Waals surface area contributed by atoms with Gasteiger partial charge in [0, 0.05) is 42.7 Å². The van der Waals surface area contributed by atoms with E-state index in [9.17, 15) is 36.4 Å². The maximum absolute atomic E-state index is 14.8. The number of allylic oxidation sites excluding steroid dienone is 1. The van der Waals surface area contributed by atoms with E-state index in [0.717, 1.165) is 37.0 Å². The smallest absolute Gasteiger partial charge is 0.408 e. The Bertz CT molecular complexity index is 2140. The number of carbonyl (C=O) groups is 4. The van der Waals surface area contributed by atoms with Gasteiger partial charge in [-0.2, -0.15) is 0 Å². The number of amides is 4. The number of alkyl carbamates (subject to hydrolysis) is 1. The Hall–Kier alpha value is -4.54. The predicted molar refractivity (Wildman–Crippen MR) is 209 cm³/mol. The number of nitrogens with one attached hydrogen (secondary N) is 3. The highest BCUT2D eigenvalue weighted by Gasteiger charge is 2.63. The normalized spacial score (nSPS) is 29.8. The largest absolute Gasteiger partial charge is 0.492 e. The minimum Gasteiger partial charge on any atom is -0.492 e. The van der Waals surface area contributed by atoms with Crippen molar-refractivity contribution in [2.45, 2.75) is 133 Å². The van der Waals surface area contributed by atoms with Crippen molar-refractivity contribution in [3.8, 4) is 11.6 Å². The number of nitrogens with zero attached hydrogens (tertiary/aromatic N) is 2. The van der Waals surface area contributed by atoms with E-state index in [1.54, 1.807) is 20.0 Å². The average Bonchev–Trinajstić information content (AvgIpc) is 3.91. The van der Waals surface area contributed by atoms with Crippen LogP contribution in [0.15, 0.2) is 36.5 Å². The third-order valence-electron chi connectivity index (χ3n) is 12.8. The monoisotopic (exact) mass is 829 g/mol. The number of alkyl halides is 2. The Morgan fingerprint density at radius 3 is 2.53 bits per heavy atom. The number of rotatable bonds is 8. The van der Waals surface area contributed by atoms with Crippen LogP contribution in [0, 0.1) is 17.8 Å². The van der Waals surface area contributed by atoms with Gasteiger partial charge in [-0.1, -0.05) is 32.1 Å². The number of aromatic nitrogens is 1. The minimum absolute atomic E-state index is 0.0269. The molecule has 1 aromatic heterocycles. The zero-order chi connectivity index (χ0) is 42.0. The van der Waals surface area contributed by atoms with Gasteiger partial charge in [-0.3, -0.25) is 19.1 Å². The van der Waals surface area contributed by atoms with E-state index < -0.39 is 85.7 Å². The van der Waals surface area contributed by atoms with Crippen LogP contribution in [-0.4, -0.2) is 95.3 Å². The molecule has 316 valence electrons. The summed E-state index contributed by atoms with van der Waals surface area (Å²) in [6.45, 7) is 8.50. The molecule has 1 saturated heterocycles. The first-order chi connectivity index (χ1) is 27.1. The molecule has 7 unspecified atom stereocenters. The van der Waals surface area contributed by atoms with Gasteiger partial charge in [0.05, 0.1) is 17.9 Å². The summed E-state index contributed by atoms with van der Waals surface area (Å²) in [7, 11) is -4.05. The van der Waals surface area contributed by atoms with Crippen LogP contribution in [0.1, 0.15) is 92.1 Å². The Balaban J connectivity index is 1.22. The fourth-order valence-electron chi connectivity index (χ4n) is 8.20. The number of ether oxygens (including phenoxy) is 3. The Morgan fingerprint density at radius 2 is 1.83 bits per heavy atom. The lowest BCUT2D eigenvalue weighted by molar-refractivity contribution is -0.152. The van der Waals surface area contributed by atoms with E-state index in [1.807, 2.05) is 37.3 Å². The summed E-state index contributed by atoms with van der Waals surface area (Å²) < 4.78 is 73.9. The van der Waals surface area contributed by atoms with Gasteiger partial charge in [-0.05, 0) is 88.8 Å². The lowest BCUT2D eigenvalue weighted by Crippen LogP contribution is -2.59. The van der Waals surface area contributed by atoms with Crippen molar-refractivity contribution in [3.05, 3.63) is 42.1 Å². The number of sulfonamides is 1. The number of hydrogen-bond donors (Lipinski definition) is 3. The molecule has 3 N–H and O–H groups in total. The highest BCUT2D eigenvalue weighted by atomic mass is 32.2. The molecule has 2 aromatic rings. The molecule has 3 fully saturated rings. The molecule has 2 saturated carbocycles. The van der Waals surface area contributed by atoms with Crippen LogP contribution < -0.4 is 24.8 Å². The first-order valence-electron chi connectivity index (χ1n) is 20.1. The fourth-order valence-corrected chi connectivity index (χ4v) is 9.51. The first-order valence-corrected chi connectivity index (χ1v) is 21.6. The topological polar surface area (TPSA) is 182 Å². The zero-order valence-corrected chi connectivity index (χ0v) is 34.5. The molecule has 5 aliphatic rings. The van der Waals surface area contributed by atoms with Gasteiger partial charge in [0.1, 0.15) is 29.5 Å². The van der Waals surface area contributed by atoms with Gasteiger partial charge in [0.15, 0.2) is 5.60 Å². The van der Waals surface area contributed by atoms with Gasteiger partial charge < -0.3 is 29.7 Å². The summed E-state index contributed by atoms with van der Waals surface area (Å²) in [5.74, 6) is -5.70. The molecule has 3 aliphatic heterocycles. The minimum atomic E-state index is -4.05. The molecule has 14 nitrogen and oxygen atoms in total. The fraction of sp³-hybridized carbons (Fsp3) is 0.634. The van der Waals surface area contributed by atoms with Crippen LogP contribution in [0.5, 0.6) is 11.6 Å². The van der Waals surface area contributed by atoms with Crippen molar-refractivity contribution >= 4 is 44.6 Å². The average molecular weight is 830 g/mol. The molecule has 7 rings (SSSR count). The molecule has 7 atom stereocenters. The summed E-state index contributed by atoms with van der Waals surface area (Å²) >= 11 is 0. The number of fused-ring (bicyclic) bond motifs is 5. The standard InChI is InChI=1S/C41H53F2N5O9S/c1-23-9-7-8-10-26-21-41(26,36(51)47-58(53,54)39(5)15-16-39)46-33(49)30-20-27(56-34-29-12-11-25-14-18-55-32(25)28(29)13-17-44-34)22-48(30)35(50)31(24(2)19-23)45-37(52)57-38(3,4)40(6,42)43/h8,10-13,17,23-24,26-27,30-31H,7,9,14-16,18-22H2,1-6H3,(H,45,52)(H,46,49)(H,47,51).